The molecule has 1 amide bonds. The van der Waals surface area contributed by atoms with Gasteiger partial charge in [-0.05, 0) is 11.8 Å². The van der Waals surface area contributed by atoms with Crippen LogP contribution in [0.3, 0.4) is 0 Å². The Kier molecular flexibility index (Phi) is 4.71. The first-order chi connectivity index (χ1) is 7.90. The van der Waals surface area contributed by atoms with Gasteiger partial charge in [-0.15, -0.1) is 0 Å². The van der Waals surface area contributed by atoms with E-state index in [9.17, 15) is 4.79 Å². The van der Waals surface area contributed by atoms with Crippen molar-refractivity contribution >= 4 is 5.91 Å². The molecule has 0 fully saturated rings. The molecule has 0 bridgehead atoms. The minimum absolute atomic E-state index is 0.000732. The van der Waals surface area contributed by atoms with Crippen molar-refractivity contribution in [3.63, 3.8) is 0 Å². The van der Waals surface area contributed by atoms with Crippen LogP contribution in [-0.2, 0) is 9.53 Å². The summed E-state index contributed by atoms with van der Waals surface area (Å²) in [4.78, 5) is 13.8. The maximum Gasteiger partial charge on any atom is 0.253 e. The van der Waals surface area contributed by atoms with Crippen molar-refractivity contribution in [1.82, 2.24) is 4.90 Å². The average molecular weight is 240 g/mol. The third kappa shape index (κ3) is 3.54. The number of amides is 1. The van der Waals surface area contributed by atoms with Crippen molar-refractivity contribution in [2.75, 3.05) is 26.7 Å². The van der Waals surface area contributed by atoms with E-state index in [-0.39, 0.29) is 17.9 Å². The molecule has 0 aliphatic carbocycles. The zero-order chi connectivity index (χ0) is 13.1. The fourth-order valence-electron chi connectivity index (χ4n) is 2.05. The lowest BCUT2D eigenvalue weighted by molar-refractivity contribution is -0.141. The van der Waals surface area contributed by atoms with E-state index < -0.39 is 6.10 Å². The number of hydrogen-bond acceptors (Lipinski definition) is 3. The molecule has 0 spiro atoms. The molecule has 1 aliphatic rings. The molecule has 1 aliphatic heterocycles. The van der Waals surface area contributed by atoms with Crippen LogP contribution in [0.25, 0.3) is 0 Å². The fraction of sp³-hybridized carbons (Fsp3) is 0.769. The lowest BCUT2D eigenvalue weighted by Crippen LogP contribution is -2.45. The number of carbonyl (C=O) groups is 1. The van der Waals surface area contributed by atoms with Crippen molar-refractivity contribution in [2.24, 2.45) is 11.1 Å². The lowest BCUT2D eigenvalue weighted by Gasteiger charge is -2.33. The van der Waals surface area contributed by atoms with E-state index >= 15 is 0 Å². The van der Waals surface area contributed by atoms with Gasteiger partial charge in [0.15, 0.2) is 0 Å². The molecule has 4 nitrogen and oxygen atoms in total. The maximum absolute atomic E-state index is 12.0. The van der Waals surface area contributed by atoms with Crippen LogP contribution in [0.1, 0.15) is 27.2 Å². The summed E-state index contributed by atoms with van der Waals surface area (Å²) in [5.74, 6) is -0.000732. The molecule has 0 aromatic carbocycles. The van der Waals surface area contributed by atoms with Crippen molar-refractivity contribution in [3.05, 3.63) is 11.6 Å². The zero-order valence-corrected chi connectivity index (χ0v) is 11.3. The first kappa shape index (κ1) is 14.2. The largest absolute Gasteiger partial charge is 0.370 e. The van der Waals surface area contributed by atoms with Gasteiger partial charge in [0.05, 0.1) is 0 Å². The Hall–Kier alpha value is -0.870. The van der Waals surface area contributed by atoms with E-state index in [2.05, 4.69) is 26.8 Å². The zero-order valence-electron chi connectivity index (χ0n) is 11.3. The summed E-state index contributed by atoms with van der Waals surface area (Å²) >= 11 is 0. The molecule has 0 aromatic heterocycles. The van der Waals surface area contributed by atoms with E-state index in [1.807, 2.05) is 4.90 Å². The first-order valence-corrected chi connectivity index (χ1v) is 6.11. The highest BCUT2D eigenvalue weighted by molar-refractivity contribution is 5.81. The Labute approximate surface area is 104 Å². The Balaban J connectivity index is 2.63. The molecule has 17 heavy (non-hydrogen) atoms. The standard InChI is InChI=1S/C13H24N2O2/c1-13(2,3)10-5-7-15(8-6-10)12(16)11(9-14)17-4/h5,11H,6-9,14H2,1-4H3. The summed E-state index contributed by atoms with van der Waals surface area (Å²) < 4.78 is 5.07. The third-order valence-corrected chi connectivity index (χ3v) is 3.26. The van der Waals surface area contributed by atoms with Crippen molar-refractivity contribution in [3.8, 4) is 0 Å². The second-order valence-corrected chi connectivity index (χ2v) is 5.47. The third-order valence-electron chi connectivity index (χ3n) is 3.26. The van der Waals surface area contributed by atoms with Gasteiger partial charge in [0, 0.05) is 26.7 Å². The van der Waals surface area contributed by atoms with Crippen molar-refractivity contribution in [1.29, 1.82) is 0 Å². The Morgan fingerprint density at radius 2 is 2.24 bits per heavy atom. The van der Waals surface area contributed by atoms with Crippen LogP contribution in [0, 0.1) is 5.41 Å². The molecule has 0 aromatic rings. The van der Waals surface area contributed by atoms with Gasteiger partial charge in [0.1, 0.15) is 6.10 Å². The molecule has 1 unspecified atom stereocenters. The van der Waals surface area contributed by atoms with Crippen LogP contribution in [0.4, 0.5) is 0 Å². The van der Waals surface area contributed by atoms with Crippen LogP contribution in [0.2, 0.25) is 0 Å². The van der Waals surface area contributed by atoms with Gasteiger partial charge in [-0.3, -0.25) is 4.79 Å². The average Bonchev–Trinajstić information content (AvgIpc) is 2.29. The number of ether oxygens (including phenoxy) is 1. The predicted octanol–water partition coefficient (Wildman–Crippen LogP) is 1.16. The highest BCUT2D eigenvalue weighted by Crippen LogP contribution is 2.30. The molecular formula is C13H24N2O2. The van der Waals surface area contributed by atoms with E-state index in [0.29, 0.717) is 6.54 Å². The van der Waals surface area contributed by atoms with Gasteiger partial charge in [0.25, 0.3) is 5.91 Å². The monoisotopic (exact) mass is 240 g/mol. The van der Waals surface area contributed by atoms with E-state index in [0.717, 1.165) is 13.0 Å². The number of carbonyl (C=O) groups excluding carboxylic acids is 1. The summed E-state index contributed by atoms with van der Waals surface area (Å²) in [6.45, 7) is 8.28. The minimum atomic E-state index is -0.500. The highest BCUT2D eigenvalue weighted by atomic mass is 16.5. The normalized spacial score (nSPS) is 18.9. The van der Waals surface area contributed by atoms with Gasteiger partial charge < -0.3 is 15.4 Å². The van der Waals surface area contributed by atoms with Gasteiger partial charge in [-0.25, -0.2) is 0 Å². The molecule has 0 radical (unpaired) electrons. The van der Waals surface area contributed by atoms with Gasteiger partial charge >= 0.3 is 0 Å². The molecule has 0 saturated heterocycles. The summed E-state index contributed by atoms with van der Waals surface area (Å²) in [6, 6.07) is 0. The second-order valence-electron chi connectivity index (χ2n) is 5.47. The highest BCUT2D eigenvalue weighted by Gasteiger charge is 2.27. The van der Waals surface area contributed by atoms with Crippen LogP contribution < -0.4 is 5.73 Å². The number of hydrogen-bond donors (Lipinski definition) is 1. The van der Waals surface area contributed by atoms with Crippen LogP contribution in [0.15, 0.2) is 11.6 Å². The van der Waals surface area contributed by atoms with Gasteiger partial charge in [0.2, 0.25) is 0 Å². The van der Waals surface area contributed by atoms with Crippen LogP contribution in [0.5, 0.6) is 0 Å². The van der Waals surface area contributed by atoms with E-state index in [1.54, 1.807) is 0 Å². The Morgan fingerprint density at radius 1 is 1.59 bits per heavy atom. The fourth-order valence-corrected chi connectivity index (χ4v) is 2.05. The summed E-state index contributed by atoms with van der Waals surface area (Å²) in [6.07, 6.45) is 2.60. The molecule has 1 atom stereocenters. The van der Waals surface area contributed by atoms with Gasteiger partial charge in [-0.1, -0.05) is 32.4 Å². The first-order valence-electron chi connectivity index (χ1n) is 6.11. The topological polar surface area (TPSA) is 55.6 Å². The smallest absolute Gasteiger partial charge is 0.253 e. The predicted molar refractivity (Wildman–Crippen MR) is 68.6 cm³/mol. The minimum Gasteiger partial charge on any atom is -0.370 e. The quantitative estimate of drug-likeness (QED) is 0.753. The number of nitrogens with zero attached hydrogens (tertiary/aromatic N) is 1. The van der Waals surface area contributed by atoms with Gasteiger partial charge in [-0.2, -0.15) is 0 Å². The van der Waals surface area contributed by atoms with E-state index in [1.165, 1.54) is 12.7 Å². The lowest BCUT2D eigenvalue weighted by atomic mass is 9.83. The number of nitrogens with two attached hydrogens (primary N) is 1. The number of rotatable bonds is 3. The van der Waals surface area contributed by atoms with Crippen LogP contribution in [-0.4, -0.2) is 43.7 Å². The van der Waals surface area contributed by atoms with Crippen molar-refractivity contribution in [2.45, 2.75) is 33.3 Å². The number of methoxy groups -OCH3 is 1. The summed E-state index contributed by atoms with van der Waals surface area (Å²) in [7, 11) is 1.52. The Bertz CT molecular complexity index is 301. The maximum atomic E-state index is 12.0. The Morgan fingerprint density at radius 3 is 2.59 bits per heavy atom. The van der Waals surface area contributed by atoms with Crippen LogP contribution >= 0.6 is 0 Å². The summed E-state index contributed by atoms with van der Waals surface area (Å²) in [5.41, 5.74) is 7.12. The SMILES string of the molecule is COC(CN)C(=O)N1CC=C(C(C)(C)C)CC1. The molecule has 4 heteroatoms. The molecular weight excluding hydrogens is 216 g/mol. The van der Waals surface area contributed by atoms with E-state index in [4.69, 9.17) is 10.5 Å². The second kappa shape index (κ2) is 5.65. The molecule has 98 valence electrons. The molecule has 1 rings (SSSR count). The molecule has 1 heterocycles. The molecule has 2 N–H and O–H groups in total. The summed E-state index contributed by atoms with van der Waals surface area (Å²) in [5, 5.41) is 0. The van der Waals surface area contributed by atoms with Crippen molar-refractivity contribution < 1.29 is 9.53 Å². The molecule has 0 saturated carbocycles.